The van der Waals surface area contributed by atoms with E-state index in [2.05, 4.69) is 0 Å². The van der Waals surface area contributed by atoms with Crippen LogP contribution in [0, 0.1) is 0 Å². The van der Waals surface area contributed by atoms with Crippen LogP contribution in [0.4, 0.5) is 11.4 Å². The Labute approximate surface area is 126 Å². The Kier molecular flexibility index (Phi) is 4.85. The zero-order valence-corrected chi connectivity index (χ0v) is 12.9. The van der Waals surface area contributed by atoms with E-state index in [1.165, 1.54) is 4.31 Å². The van der Waals surface area contributed by atoms with Crippen LogP contribution >= 0.6 is 0 Å². The lowest BCUT2D eigenvalue weighted by atomic mass is 10.3. The SMILES string of the molecule is CCCCN(c1ccccc1)S(=O)(=O)c1ccc(N)cc1. The van der Waals surface area contributed by atoms with E-state index in [0.717, 1.165) is 12.8 Å². The van der Waals surface area contributed by atoms with Gasteiger partial charge in [-0.15, -0.1) is 0 Å². The third-order valence-corrected chi connectivity index (χ3v) is 5.07. The van der Waals surface area contributed by atoms with Gasteiger partial charge in [0, 0.05) is 12.2 Å². The van der Waals surface area contributed by atoms with Crippen molar-refractivity contribution in [2.75, 3.05) is 16.6 Å². The second-order valence-electron chi connectivity index (χ2n) is 4.84. The summed E-state index contributed by atoms with van der Waals surface area (Å²) in [5.41, 5.74) is 6.86. The van der Waals surface area contributed by atoms with Crippen molar-refractivity contribution in [2.24, 2.45) is 0 Å². The van der Waals surface area contributed by atoms with Crippen molar-refractivity contribution >= 4 is 21.4 Å². The Morgan fingerprint density at radius 1 is 1.00 bits per heavy atom. The highest BCUT2D eigenvalue weighted by atomic mass is 32.2. The minimum absolute atomic E-state index is 0.261. The van der Waals surface area contributed by atoms with Crippen molar-refractivity contribution in [1.29, 1.82) is 0 Å². The molecule has 0 aliphatic heterocycles. The topological polar surface area (TPSA) is 63.4 Å². The molecule has 112 valence electrons. The molecule has 0 heterocycles. The first-order chi connectivity index (χ1) is 10.1. The van der Waals surface area contributed by atoms with E-state index >= 15 is 0 Å². The number of rotatable bonds is 6. The Morgan fingerprint density at radius 3 is 2.19 bits per heavy atom. The molecule has 4 nitrogen and oxygen atoms in total. The largest absolute Gasteiger partial charge is 0.399 e. The third kappa shape index (κ3) is 3.55. The minimum Gasteiger partial charge on any atom is -0.399 e. The lowest BCUT2D eigenvalue weighted by molar-refractivity contribution is 0.588. The molecular formula is C16H20N2O2S. The Morgan fingerprint density at radius 2 is 1.62 bits per heavy atom. The van der Waals surface area contributed by atoms with Crippen LogP contribution in [0.1, 0.15) is 19.8 Å². The van der Waals surface area contributed by atoms with E-state index in [1.54, 1.807) is 24.3 Å². The van der Waals surface area contributed by atoms with Gasteiger partial charge in [-0.3, -0.25) is 4.31 Å². The summed E-state index contributed by atoms with van der Waals surface area (Å²) in [5, 5.41) is 0. The average Bonchev–Trinajstić information content (AvgIpc) is 2.49. The molecule has 0 bridgehead atoms. The second-order valence-corrected chi connectivity index (χ2v) is 6.70. The summed E-state index contributed by atoms with van der Waals surface area (Å²) in [5.74, 6) is 0. The maximum Gasteiger partial charge on any atom is 0.264 e. The standard InChI is InChI=1S/C16H20N2O2S/c1-2-3-13-18(15-7-5-4-6-8-15)21(19,20)16-11-9-14(17)10-12-16/h4-12H,2-3,13,17H2,1H3. The van der Waals surface area contributed by atoms with Gasteiger partial charge in [-0.2, -0.15) is 0 Å². The number of nitrogen functional groups attached to an aromatic ring is 1. The molecule has 0 radical (unpaired) electrons. The summed E-state index contributed by atoms with van der Waals surface area (Å²) in [6, 6.07) is 15.5. The molecule has 2 N–H and O–H groups in total. The first kappa shape index (κ1) is 15.4. The van der Waals surface area contributed by atoms with Crippen molar-refractivity contribution in [3.63, 3.8) is 0 Å². The Bertz CT molecular complexity index is 667. The number of sulfonamides is 1. The predicted molar refractivity (Wildman–Crippen MR) is 86.7 cm³/mol. The van der Waals surface area contributed by atoms with Crippen molar-refractivity contribution in [2.45, 2.75) is 24.7 Å². The van der Waals surface area contributed by atoms with Crippen molar-refractivity contribution in [3.05, 3.63) is 54.6 Å². The second kappa shape index (κ2) is 6.63. The highest BCUT2D eigenvalue weighted by molar-refractivity contribution is 7.92. The molecule has 0 aromatic heterocycles. The number of nitrogens with zero attached hydrogens (tertiary/aromatic N) is 1. The van der Waals surface area contributed by atoms with Gasteiger partial charge in [-0.05, 0) is 42.8 Å². The summed E-state index contributed by atoms with van der Waals surface area (Å²) in [6.45, 7) is 2.51. The number of hydrogen-bond acceptors (Lipinski definition) is 3. The number of hydrogen-bond donors (Lipinski definition) is 1. The van der Waals surface area contributed by atoms with Crippen LogP contribution in [0.3, 0.4) is 0 Å². The van der Waals surface area contributed by atoms with Gasteiger partial charge >= 0.3 is 0 Å². The lowest BCUT2D eigenvalue weighted by Crippen LogP contribution is -2.32. The maximum atomic E-state index is 12.8. The molecule has 0 atom stereocenters. The van der Waals surface area contributed by atoms with Gasteiger partial charge in [-0.25, -0.2) is 8.42 Å². The number of benzene rings is 2. The molecule has 0 saturated heterocycles. The van der Waals surface area contributed by atoms with Gasteiger partial charge in [0.2, 0.25) is 0 Å². The molecule has 0 unspecified atom stereocenters. The molecule has 2 aromatic rings. The predicted octanol–water partition coefficient (Wildman–Crippen LogP) is 3.26. The molecule has 2 rings (SSSR count). The summed E-state index contributed by atoms with van der Waals surface area (Å²) < 4.78 is 27.1. The molecule has 0 aliphatic carbocycles. The molecule has 0 spiro atoms. The van der Waals surface area contributed by atoms with Crippen LogP contribution in [-0.4, -0.2) is 15.0 Å². The van der Waals surface area contributed by atoms with Gasteiger partial charge in [0.15, 0.2) is 0 Å². The van der Waals surface area contributed by atoms with Gasteiger partial charge in [-0.1, -0.05) is 31.5 Å². The first-order valence-corrected chi connectivity index (χ1v) is 8.43. The first-order valence-electron chi connectivity index (χ1n) is 6.99. The van der Waals surface area contributed by atoms with E-state index in [4.69, 9.17) is 5.73 Å². The Balaban J connectivity index is 2.42. The van der Waals surface area contributed by atoms with Gasteiger partial charge in [0.25, 0.3) is 10.0 Å². The third-order valence-electron chi connectivity index (χ3n) is 3.23. The average molecular weight is 304 g/mol. The fourth-order valence-electron chi connectivity index (χ4n) is 2.05. The molecule has 0 amide bonds. The molecule has 2 aromatic carbocycles. The van der Waals surface area contributed by atoms with Crippen LogP contribution in [0.15, 0.2) is 59.5 Å². The van der Waals surface area contributed by atoms with Gasteiger partial charge < -0.3 is 5.73 Å². The number of para-hydroxylation sites is 1. The van der Waals surface area contributed by atoms with Crippen molar-refractivity contribution in [1.82, 2.24) is 0 Å². The van der Waals surface area contributed by atoms with Gasteiger partial charge in [0.05, 0.1) is 10.6 Å². The minimum atomic E-state index is -3.57. The van der Waals surface area contributed by atoms with E-state index in [-0.39, 0.29) is 4.90 Å². The molecule has 0 fully saturated rings. The lowest BCUT2D eigenvalue weighted by Gasteiger charge is -2.24. The van der Waals surface area contributed by atoms with E-state index in [1.807, 2.05) is 37.3 Å². The van der Waals surface area contributed by atoms with Crippen LogP contribution in [0.5, 0.6) is 0 Å². The number of unbranched alkanes of at least 4 members (excludes halogenated alkanes) is 1. The molecule has 5 heteroatoms. The van der Waals surface area contributed by atoms with Crippen LogP contribution in [-0.2, 0) is 10.0 Å². The van der Waals surface area contributed by atoms with E-state index in [9.17, 15) is 8.42 Å². The summed E-state index contributed by atoms with van der Waals surface area (Å²) in [7, 11) is -3.57. The van der Waals surface area contributed by atoms with E-state index in [0.29, 0.717) is 17.9 Å². The van der Waals surface area contributed by atoms with Crippen LogP contribution in [0.2, 0.25) is 0 Å². The summed E-state index contributed by atoms with van der Waals surface area (Å²) in [4.78, 5) is 0.261. The quantitative estimate of drug-likeness (QED) is 0.833. The zero-order valence-electron chi connectivity index (χ0n) is 12.1. The molecule has 0 aliphatic rings. The van der Waals surface area contributed by atoms with Crippen LogP contribution in [0.25, 0.3) is 0 Å². The highest BCUT2D eigenvalue weighted by Gasteiger charge is 2.24. The normalized spacial score (nSPS) is 11.3. The number of nitrogens with two attached hydrogens (primary N) is 1. The summed E-state index contributed by atoms with van der Waals surface area (Å²) in [6.07, 6.45) is 1.74. The maximum absolute atomic E-state index is 12.8. The Hall–Kier alpha value is -2.01. The fraction of sp³-hybridized carbons (Fsp3) is 0.250. The van der Waals surface area contributed by atoms with Crippen LogP contribution < -0.4 is 10.0 Å². The monoisotopic (exact) mass is 304 g/mol. The zero-order chi connectivity index (χ0) is 15.3. The fourth-order valence-corrected chi connectivity index (χ4v) is 3.55. The summed E-state index contributed by atoms with van der Waals surface area (Å²) >= 11 is 0. The van der Waals surface area contributed by atoms with E-state index < -0.39 is 10.0 Å². The molecule has 21 heavy (non-hydrogen) atoms. The number of anilines is 2. The van der Waals surface area contributed by atoms with Crippen molar-refractivity contribution in [3.8, 4) is 0 Å². The smallest absolute Gasteiger partial charge is 0.264 e. The molecular weight excluding hydrogens is 284 g/mol. The van der Waals surface area contributed by atoms with Crippen molar-refractivity contribution < 1.29 is 8.42 Å². The molecule has 0 saturated carbocycles. The van der Waals surface area contributed by atoms with Gasteiger partial charge in [0.1, 0.15) is 0 Å². The highest BCUT2D eigenvalue weighted by Crippen LogP contribution is 2.24.